The summed E-state index contributed by atoms with van der Waals surface area (Å²) in [7, 11) is -3.63. The highest BCUT2D eigenvalue weighted by atomic mass is 35.5. The molecule has 1 atom stereocenters. The molecule has 20 heavy (non-hydrogen) atoms. The molecule has 7 heteroatoms. The van der Waals surface area contributed by atoms with E-state index in [-0.39, 0.29) is 17.3 Å². The molecule has 5 nitrogen and oxygen atoms in total. The second kappa shape index (κ2) is 6.76. The number of aliphatic hydroxyl groups is 1. The molecule has 0 aromatic heterocycles. The molecule has 3 N–H and O–H groups in total. The molecule has 1 unspecified atom stereocenters. The topological polar surface area (TPSA) is 78.4 Å². The summed E-state index contributed by atoms with van der Waals surface area (Å²) in [5.74, 6) is 0.0855. The first-order valence-corrected chi connectivity index (χ1v) is 8.28. The van der Waals surface area contributed by atoms with Gasteiger partial charge in [0, 0.05) is 12.1 Å². The summed E-state index contributed by atoms with van der Waals surface area (Å²) < 4.78 is 27.3. The smallest absolute Gasteiger partial charge is 0.243 e. The van der Waals surface area contributed by atoms with Crippen LogP contribution in [0.3, 0.4) is 0 Å². The summed E-state index contributed by atoms with van der Waals surface area (Å²) in [4.78, 5) is 0.150. The molecule has 1 aromatic rings. The Labute approximate surface area is 125 Å². The third kappa shape index (κ3) is 5.28. The number of hydrogen-bond acceptors (Lipinski definition) is 4. The minimum absolute atomic E-state index is 0.0855. The molecule has 0 radical (unpaired) electrons. The van der Waals surface area contributed by atoms with Gasteiger partial charge in [-0.05, 0) is 32.9 Å². The van der Waals surface area contributed by atoms with Crippen molar-refractivity contribution in [1.82, 2.24) is 4.72 Å². The number of halogens is 1. The Morgan fingerprint density at radius 3 is 2.45 bits per heavy atom. The number of hydrogen-bond donors (Lipinski definition) is 3. The zero-order valence-electron chi connectivity index (χ0n) is 11.9. The Hall–Kier alpha value is -0.820. The van der Waals surface area contributed by atoms with E-state index in [1.165, 1.54) is 6.07 Å². The Morgan fingerprint density at radius 2 is 1.90 bits per heavy atom. The SMILES string of the molecule is CC(C)(C)NS(=O)(=O)c1ccccc1NCC(O)CCl. The maximum absolute atomic E-state index is 12.3. The Kier molecular flexibility index (Phi) is 5.82. The fourth-order valence-corrected chi connectivity index (χ4v) is 3.30. The molecular formula is C13H21ClN2O3S. The van der Waals surface area contributed by atoms with Crippen LogP contribution in [0.4, 0.5) is 5.69 Å². The van der Waals surface area contributed by atoms with E-state index in [9.17, 15) is 13.5 Å². The fraction of sp³-hybridized carbons (Fsp3) is 0.538. The van der Waals surface area contributed by atoms with E-state index < -0.39 is 21.7 Å². The Balaban J connectivity index is 3.01. The quantitative estimate of drug-likeness (QED) is 0.698. The van der Waals surface area contributed by atoms with Gasteiger partial charge in [-0.25, -0.2) is 13.1 Å². The summed E-state index contributed by atoms with van der Waals surface area (Å²) in [5, 5.41) is 12.3. The van der Waals surface area contributed by atoms with Crippen molar-refractivity contribution in [3.63, 3.8) is 0 Å². The molecule has 0 spiro atoms. The van der Waals surface area contributed by atoms with Crippen LogP contribution in [0.5, 0.6) is 0 Å². The lowest BCUT2D eigenvalue weighted by Crippen LogP contribution is -2.40. The number of sulfonamides is 1. The second-order valence-electron chi connectivity index (χ2n) is 5.54. The van der Waals surface area contributed by atoms with Crippen LogP contribution < -0.4 is 10.0 Å². The predicted octanol–water partition coefficient (Wildman–Crippen LogP) is 1.77. The summed E-state index contributed by atoms with van der Waals surface area (Å²) in [6.45, 7) is 5.51. The van der Waals surface area contributed by atoms with Gasteiger partial charge in [0.05, 0.1) is 17.7 Å². The van der Waals surface area contributed by atoms with Crippen LogP contribution in [0.1, 0.15) is 20.8 Å². The standard InChI is InChI=1S/C13H21ClN2O3S/c1-13(2,3)16-20(18,19)12-7-5-4-6-11(12)15-9-10(17)8-14/h4-7,10,15-17H,8-9H2,1-3H3. The van der Waals surface area contributed by atoms with Crippen LogP contribution in [0.15, 0.2) is 29.2 Å². The van der Waals surface area contributed by atoms with Crippen molar-refractivity contribution >= 4 is 27.3 Å². The van der Waals surface area contributed by atoms with Crippen molar-refractivity contribution in [3.8, 4) is 0 Å². The normalized spacial score (nSPS) is 14.1. The zero-order chi connectivity index (χ0) is 15.4. The van der Waals surface area contributed by atoms with Crippen LogP contribution in [0, 0.1) is 0 Å². The molecule has 0 aliphatic rings. The van der Waals surface area contributed by atoms with Gasteiger partial charge in [-0.15, -0.1) is 11.6 Å². The lowest BCUT2D eigenvalue weighted by atomic mass is 10.1. The zero-order valence-corrected chi connectivity index (χ0v) is 13.4. The minimum atomic E-state index is -3.63. The van der Waals surface area contributed by atoms with Crippen molar-refractivity contribution in [2.24, 2.45) is 0 Å². The van der Waals surface area contributed by atoms with Crippen LogP contribution in [-0.2, 0) is 10.0 Å². The van der Waals surface area contributed by atoms with Crippen LogP contribution in [0.2, 0.25) is 0 Å². The molecule has 0 saturated carbocycles. The maximum Gasteiger partial charge on any atom is 0.243 e. The summed E-state index contributed by atoms with van der Waals surface area (Å²) >= 11 is 5.51. The Morgan fingerprint density at radius 1 is 1.30 bits per heavy atom. The van der Waals surface area contributed by atoms with E-state index in [1.807, 2.05) is 0 Å². The third-order valence-corrected chi connectivity index (χ3v) is 4.50. The number of rotatable bonds is 6. The highest BCUT2D eigenvalue weighted by Crippen LogP contribution is 2.22. The highest BCUT2D eigenvalue weighted by Gasteiger charge is 2.24. The lowest BCUT2D eigenvalue weighted by molar-refractivity contribution is 0.211. The molecule has 0 fully saturated rings. The molecule has 0 bridgehead atoms. The van der Waals surface area contributed by atoms with Gasteiger partial charge in [-0.1, -0.05) is 12.1 Å². The maximum atomic E-state index is 12.3. The molecule has 0 aliphatic carbocycles. The van der Waals surface area contributed by atoms with Gasteiger partial charge >= 0.3 is 0 Å². The first-order chi connectivity index (χ1) is 9.15. The van der Waals surface area contributed by atoms with Gasteiger partial charge in [0.25, 0.3) is 0 Å². The van der Waals surface area contributed by atoms with Crippen molar-refractivity contribution in [1.29, 1.82) is 0 Å². The van der Waals surface area contributed by atoms with Crippen molar-refractivity contribution in [3.05, 3.63) is 24.3 Å². The number of anilines is 1. The van der Waals surface area contributed by atoms with E-state index in [0.717, 1.165) is 0 Å². The molecule has 1 rings (SSSR count). The highest BCUT2D eigenvalue weighted by molar-refractivity contribution is 7.89. The van der Waals surface area contributed by atoms with Crippen LogP contribution in [-0.4, -0.2) is 37.6 Å². The average molecular weight is 321 g/mol. The summed E-state index contributed by atoms with van der Waals surface area (Å²) in [6, 6.07) is 6.55. The van der Waals surface area contributed by atoms with E-state index in [2.05, 4.69) is 10.0 Å². The number of para-hydroxylation sites is 1. The summed E-state index contributed by atoms with van der Waals surface area (Å²) in [6.07, 6.45) is -0.733. The molecule has 114 valence electrons. The van der Waals surface area contributed by atoms with Crippen LogP contribution >= 0.6 is 11.6 Å². The first-order valence-electron chi connectivity index (χ1n) is 6.26. The predicted molar refractivity (Wildman–Crippen MR) is 81.7 cm³/mol. The van der Waals surface area contributed by atoms with Crippen molar-refractivity contribution in [2.45, 2.75) is 37.3 Å². The van der Waals surface area contributed by atoms with E-state index in [1.54, 1.807) is 39.0 Å². The number of alkyl halides is 1. The molecule has 1 aromatic carbocycles. The molecule has 0 aliphatic heterocycles. The third-order valence-electron chi connectivity index (χ3n) is 2.32. The average Bonchev–Trinajstić information content (AvgIpc) is 2.33. The monoisotopic (exact) mass is 320 g/mol. The summed E-state index contributed by atoms with van der Waals surface area (Å²) in [5.41, 5.74) is -0.130. The van der Waals surface area contributed by atoms with Crippen molar-refractivity contribution in [2.75, 3.05) is 17.7 Å². The van der Waals surface area contributed by atoms with Gasteiger partial charge in [0.1, 0.15) is 4.90 Å². The Bertz CT molecular complexity index is 541. The van der Waals surface area contributed by atoms with Crippen molar-refractivity contribution < 1.29 is 13.5 Å². The van der Waals surface area contributed by atoms with Gasteiger partial charge in [0.2, 0.25) is 10.0 Å². The lowest BCUT2D eigenvalue weighted by Gasteiger charge is -2.22. The van der Waals surface area contributed by atoms with Crippen LogP contribution in [0.25, 0.3) is 0 Å². The molecule has 0 amide bonds. The van der Waals surface area contributed by atoms with E-state index in [4.69, 9.17) is 11.6 Å². The van der Waals surface area contributed by atoms with Gasteiger partial charge in [-0.2, -0.15) is 0 Å². The van der Waals surface area contributed by atoms with E-state index in [0.29, 0.717) is 5.69 Å². The molecular weight excluding hydrogens is 300 g/mol. The number of benzene rings is 1. The van der Waals surface area contributed by atoms with E-state index >= 15 is 0 Å². The number of nitrogens with one attached hydrogen (secondary N) is 2. The largest absolute Gasteiger partial charge is 0.390 e. The molecule has 0 saturated heterocycles. The van der Waals surface area contributed by atoms with Gasteiger partial charge < -0.3 is 10.4 Å². The first kappa shape index (κ1) is 17.2. The minimum Gasteiger partial charge on any atom is -0.390 e. The second-order valence-corrected chi connectivity index (χ2v) is 7.50. The van der Waals surface area contributed by atoms with Gasteiger partial charge in [0.15, 0.2) is 0 Å². The number of aliphatic hydroxyl groups excluding tert-OH is 1. The van der Waals surface area contributed by atoms with Gasteiger partial charge in [-0.3, -0.25) is 0 Å². The fourth-order valence-electron chi connectivity index (χ4n) is 1.59. The molecule has 0 heterocycles.